The van der Waals surface area contributed by atoms with Crippen LogP contribution in [0.25, 0.3) is 0 Å². The van der Waals surface area contributed by atoms with Gasteiger partial charge in [-0.3, -0.25) is 4.99 Å². The average molecular weight is 517 g/mol. The van der Waals surface area contributed by atoms with Gasteiger partial charge in [0.05, 0.1) is 27.4 Å². The normalized spacial score (nSPS) is 22.5. The van der Waals surface area contributed by atoms with Crippen LogP contribution in [-0.4, -0.2) is 49.7 Å². The summed E-state index contributed by atoms with van der Waals surface area (Å²) in [6, 6.07) is 16.1. The van der Waals surface area contributed by atoms with Gasteiger partial charge in [-0.05, 0) is 43.2 Å². The molecule has 3 aromatic carbocycles. The minimum atomic E-state index is -0.909. The molecule has 3 atom stereocenters. The second-order valence-electron chi connectivity index (χ2n) is 9.46. The third-order valence-electron chi connectivity index (χ3n) is 7.38. The number of ether oxygens (including phenoxy) is 4. The van der Waals surface area contributed by atoms with Gasteiger partial charge in [-0.15, -0.1) is 0 Å². The number of fused-ring (bicyclic) bond motifs is 2. The maximum absolute atomic E-state index is 10.6. The molecule has 0 unspecified atom stereocenters. The molecule has 2 aliphatic rings. The molecule has 1 aliphatic heterocycles. The molecule has 38 heavy (non-hydrogen) atoms. The van der Waals surface area contributed by atoms with Crippen LogP contribution in [0.5, 0.6) is 34.5 Å². The number of rotatable bonds is 7. The van der Waals surface area contributed by atoms with E-state index in [0.29, 0.717) is 40.5 Å². The van der Waals surface area contributed by atoms with E-state index in [9.17, 15) is 10.2 Å². The molecular formula is C30H32N2O6. The number of aliphatic imine (C=N–C) groups is 2. The van der Waals surface area contributed by atoms with Crippen LogP contribution in [0.3, 0.4) is 0 Å². The van der Waals surface area contributed by atoms with Crippen molar-refractivity contribution >= 4 is 12.4 Å². The van der Waals surface area contributed by atoms with Gasteiger partial charge < -0.3 is 29.2 Å². The molecule has 0 spiro atoms. The van der Waals surface area contributed by atoms with Crippen molar-refractivity contribution in [2.45, 2.75) is 37.5 Å². The molecule has 0 bridgehead atoms. The first-order valence-electron chi connectivity index (χ1n) is 12.7. The van der Waals surface area contributed by atoms with Gasteiger partial charge in [-0.2, -0.15) is 0 Å². The molecule has 3 aromatic rings. The highest BCUT2D eigenvalue weighted by atomic mass is 16.5. The average Bonchev–Trinajstić information content (AvgIpc) is 2.95. The summed E-state index contributed by atoms with van der Waals surface area (Å²) >= 11 is 0. The fourth-order valence-corrected chi connectivity index (χ4v) is 5.44. The molecule has 5 rings (SSSR count). The SMILES string of the molecule is COc1cccc(C=N[C@@H]2c3cccc(OC)c3O[C@@]3(N=Cc4cccc(OC)c4O)CCCC[C@@H]23)c1O. The highest BCUT2D eigenvalue weighted by Gasteiger charge is 2.51. The Labute approximate surface area is 222 Å². The smallest absolute Gasteiger partial charge is 0.205 e. The Balaban J connectivity index is 1.61. The minimum absolute atomic E-state index is 0.0272. The topological polar surface area (TPSA) is 102 Å². The van der Waals surface area contributed by atoms with Crippen molar-refractivity contribution in [3.63, 3.8) is 0 Å². The number of hydrogen-bond acceptors (Lipinski definition) is 8. The monoisotopic (exact) mass is 516 g/mol. The largest absolute Gasteiger partial charge is 0.504 e. The van der Waals surface area contributed by atoms with Gasteiger partial charge in [0.2, 0.25) is 5.72 Å². The Morgan fingerprint density at radius 2 is 1.42 bits per heavy atom. The molecule has 0 saturated heterocycles. The number of phenols is 2. The number of hydrogen-bond donors (Lipinski definition) is 2. The highest BCUT2D eigenvalue weighted by Crippen LogP contribution is 2.55. The molecule has 0 amide bonds. The molecule has 2 N–H and O–H groups in total. The number of aromatic hydroxyl groups is 2. The number of nitrogens with zero attached hydrogens (tertiary/aromatic N) is 2. The van der Waals surface area contributed by atoms with Crippen molar-refractivity contribution in [2.75, 3.05) is 21.3 Å². The lowest BCUT2D eigenvalue weighted by atomic mass is 9.73. The highest BCUT2D eigenvalue weighted by molar-refractivity contribution is 5.86. The van der Waals surface area contributed by atoms with Crippen LogP contribution in [0.2, 0.25) is 0 Å². The molecule has 8 heteroatoms. The van der Waals surface area contributed by atoms with E-state index in [4.69, 9.17) is 28.9 Å². The number of phenolic OH excluding ortho intramolecular Hbond substituents is 2. The van der Waals surface area contributed by atoms with Crippen LogP contribution in [0.4, 0.5) is 0 Å². The molecule has 1 fully saturated rings. The Morgan fingerprint density at radius 3 is 2.08 bits per heavy atom. The fourth-order valence-electron chi connectivity index (χ4n) is 5.44. The second kappa shape index (κ2) is 10.7. The Kier molecular flexibility index (Phi) is 7.13. The first kappa shape index (κ1) is 25.4. The molecule has 1 heterocycles. The van der Waals surface area contributed by atoms with Crippen LogP contribution in [0.15, 0.2) is 64.6 Å². The van der Waals surface area contributed by atoms with Crippen LogP contribution in [0, 0.1) is 5.92 Å². The lowest BCUT2D eigenvalue weighted by Crippen LogP contribution is -2.49. The standard InChI is InChI=1S/C30H32N2O6/c1-35-23-13-6-9-19(27(23)33)17-31-26-21-11-8-15-25(37-3)29(21)38-30(16-5-4-12-22(26)30)32-18-20-10-7-14-24(36-2)28(20)34/h6-11,13-15,17-18,22,26,33-34H,4-5,12,16H2,1-3H3/t22-,26+,30-/m0/s1. The summed E-state index contributed by atoms with van der Waals surface area (Å²) in [5.74, 6) is 1.97. The van der Waals surface area contributed by atoms with E-state index >= 15 is 0 Å². The molecule has 1 aliphatic carbocycles. The summed E-state index contributed by atoms with van der Waals surface area (Å²) in [4.78, 5) is 10.0. The second-order valence-corrected chi connectivity index (χ2v) is 9.46. The summed E-state index contributed by atoms with van der Waals surface area (Å²) in [6.45, 7) is 0. The summed E-state index contributed by atoms with van der Waals surface area (Å²) in [5, 5.41) is 21.3. The molecule has 0 aromatic heterocycles. The molecular weight excluding hydrogens is 484 g/mol. The van der Waals surface area contributed by atoms with E-state index < -0.39 is 5.72 Å². The van der Waals surface area contributed by atoms with Gasteiger partial charge in [0.25, 0.3) is 0 Å². The predicted octanol–water partition coefficient (Wildman–Crippen LogP) is 5.68. The first-order chi connectivity index (χ1) is 18.5. The third-order valence-corrected chi connectivity index (χ3v) is 7.38. The van der Waals surface area contributed by atoms with Crippen molar-refractivity contribution in [1.82, 2.24) is 0 Å². The van der Waals surface area contributed by atoms with Crippen LogP contribution in [0.1, 0.15) is 48.4 Å². The van der Waals surface area contributed by atoms with Gasteiger partial charge in [-0.25, -0.2) is 4.99 Å². The number of para-hydroxylation sites is 3. The van der Waals surface area contributed by atoms with E-state index in [1.807, 2.05) is 30.3 Å². The van der Waals surface area contributed by atoms with Crippen LogP contribution in [-0.2, 0) is 0 Å². The molecule has 0 radical (unpaired) electrons. The van der Waals surface area contributed by atoms with E-state index in [2.05, 4.69) is 0 Å². The molecule has 1 saturated carbocycles. The van der Waals surface area contributed by atoms with E-state index in [0.717, 1.165) is 24.8 Å². The van der Waals surface area contributed by atoms with Gasteiger partial charge in [0.1, 0.15) is 0 Å². The van der Waals surface area contributed by atoms with Crippen molar-refractivity contribution < 1.29 is 29.2 Å². The first-order valence-corrected chi connectivity index (χ1v) is 12.7. The van der Waals surface area contributed by atoms with Gasteiger partial charge >= 0.3 is 0 Å². The minimum Gasteiger partial charge on any atom is -0.504 e. The Morgan fingerprint density at radius 1 is 0.816 bits per heavy atom. The van der Waals surface area contributed by atoms with Crippen LogP contribution < -0.4 is 18.9 Å². The summed E-state index contributed by atoms with van der Waals surface area (Å²) in [7, 11) is 4.65. The zero-order valence-electron chi connectivity index (χ0n) is 21.8. The van der Waals surface area contributed by atoms with Gasteiger partial charge in [-0.1, -0.05) is 30.7 Å². The fraction of sp³-hybridized carbons (Fsp3) is 0.333. The zero-order chi connectivity index (χ0) is 26.7. The Hall–Kier alpha value is -4.20. The summed E-state index contributed by atoms with van der Waals surface area (Å²) in [5.41, 5.74) is 1.10. The molecule has 8 nitrogen and oxygen atoms in total. The van der Waals surface area contributed by atoms with E-state index in [1.54, 1.807) is 43.8 Å². The Bertz CT molecular complexity index is 1370. The van der Waals surface area contributed by atoms with E-state index in [-0.39, 0.29) is 23.5 Å². The number of methoxy groups -OCH3 is 3. The number of benzene rings is 3. The summed E-state index contributed by atoms with van der Waals surface area (Å²) < 4.78 is 22.9. The van der Waals surface area contributed by atoms with Crippen molar-refractivity contribution in [3.05, 3.63) is 71.3 Å². The maximum Gasteiger partial charge on any atom is 0.205 e. The van der Waals surface area contributed by atoms with E-state index in [1.165, 1.54) is 14.2 Å². The van der Waals surface area contributed by atoms with Gasteiger partial charge in [0, 0.05) is 41.5 Å². The maximum atomic E-state index is 10.6. The van der Waals surface area contributed by atoms with Crippen LogP contribution >= 0.6 is 0 Å². The lowest BCUT2D eigenvalue weighted by Gasteiger charge is -2.47. The molecule has 198 valence electrons. The lowest BCUT2D eigenvalue weighted by molar-refractivity contribution is -0.0443. The van der Waals surface area contributed by atoms with Crippen molar-refractivity contribution in [2.24, 2.45) is 15.9 Å². The summed E-state index contributed by atoms with van der Waals surface area (Å²) in [6.07, 6.45) is 6.84. The zero-order valence-corrected chi connectivity index (χ0v) is 21.8. The van der Waals surface area contributed by atoms with Crippen molar-refractivity contribution in [1.29, 1.82) is 0 Å². The van der Waals surface area contributed by atoms with Crippen molar-refractivity contribution in [3.8, 4) is 34.5 Å². The quantitative estimate of drug-likeness (QED) is 0.392. The predicted molar refractivity (Wildman–Crippen MR) is 146 cm³/mol. The van der Waals surface area contributed by atoms with Gasteiger partial charge in [0.15, 0.2) is 34.5 Å². The third kappa shape index (κ3) is 4.51.